The second-order valence-corrected chi connectivity index (χ2v) is 24.4. The van der Waals surface area contributed by atoms with Gasteiger partial charge in [-0.05, 0) is 181 Å². The van der Waals surface area contributed by atoms with E-state index in [1.165, 1.54) is 175 Å². The highest BCUT2D eigenvalue weighted by atomic mass is 15.0. The molecule has 0 radical (unpaired) electrons. The Bertz CT molecular complexity index is 6370. The van der Waals surface area contributed by atoms with Crippen molar-refractivity contribution in [3.63, 3.8) is 0 Å². The summed E-state index contributed by atoms with van der Waals surface area (Å²) in [4.78, 5) is 0. The maximum atomic E-state index is 2.42. The van der Waals surface area contributed by atoms with E-state index in [2.05, 4.69) is 358 Å². The number of hydrogen-bond donors (Lipinski definition) is 0. The molecule has 0 aliphatic heterocycles. The molecule has 0 bridgehead atoms. The van der Waals surface area contributed by atoms with Crippen molar-refractivity contribution in [3.8, 4) is 45.0 Å². The fraction of sp³-hybridized carbons (Fsp3) is 0. The highest BCUT2D eigenvalue weighted by Gasteiger charge is 2.20. The summed E-state index contributed by atoms with van der Waals surface area (Å²) in [5.41, 5.74) is 19.4. The Morgan fingerprint density at radius 2 is 0.467 bits per heavy atom. The predicted molar refractivity (Wildman–Crippen MR) is 391 cm³/mol. The Labute approximate surface area is 530 Å². The zero-order valence-corrected chi connectivity index (χ0v) is 50.1. The van der Waals surface area contributed by atoms with Crippen molar-refractivity contribution in [3.05, 3.63) is 340 Å². The van der Waals surface area contributed by atoms with Crippen LogP contribution in [0.1, 0.15) is 0 Å². The quantitative estimate of drug-likeness (QED) is 0.158. The van der Waals surface area contributed by atoms with Gasteiger partial charge in [-0.15, -0.1) is 0 Å². The third-order valence-corrected chi connectivity index (χ3v) is 19.3. The number of para-hydroxylation sites is 6. The van der Waals surface area contributed by atoms with Gasteiger partial charge in [-0.3, -0.25) is 0 Å². The lowest BCUT2D eigenvalue weighted by atomic mass is 9.97. The van der Waals surface area contributed by atoms with Gasteiger partial charge in [0.2, 0.25) is 0 Å². The smallest absolute Gasteiger partial charge is 0.0547 e. The third kappa shape index (κ3) is 8.10. The first-order valence-corrected chi connectivity index (χ1v) is 31.7. The van der Waals surface area contributed by atoms with Crippen LogP contribution in [0.25, 0.3) is 175 Å². The number of hydrogen-bond acceptors (Lipinski definition) is 0. The van der Waals surface area contributed by atoms with Crippen LogP contribution in [-0.4, -0.2) is 18.3 Å². The molecule has 0 saturated carbocycles. The first-order valence-electron chi connectivity index (χ1n) is 31.7. The van der Waals surface area contributed by atoms with E-state index in [1.54, 1.807) is 0 Å². The number of nitrogens with zero attached hydrogens (tertiary/aromatic N) is 4. The maximum Gasteiger partial charge on any atom is 0.0547 e. The molecule has 4 heterocycles. The fourth-order valence-electron chi connectivity index (χ4n) is 15.2. The number of benzene rings is 16. The summed E-state index contributed by atoms with van der Waals surface area (Å²) in [6, 6.07) is 124. The van der Waals surface area contributed by atoms with Crippen molar-refractivity contribution in [2.24, 2.45) is 0 Å². The second kappa shape index (κ2) is 20.7. The van der Waals surface area contributed by atoms with Gasteiger partial charge in [0.25, 0.3) is 0 Å². The Balaban J connectivity index is 0.000000132. The van der Waals surface area contributed by atoms with E-state index in [1.807, 2.05) is 0 Å². The predicted octanol–water partition coefficient (Wildman–Crippen LogP) is 23.7. The molecular weight excluding hydrogens is 1110 g/mol. The summed E-state index contributed by atoms with van der Waals surface area (Å²) >= 11 is 0. The monoisotopic (exact) mass is 1170 g/mol. The van der Waals surface area contributed by atoms with Gasteiger partial charge in [0.15, 0.2) is 0 Å². The topological polar surface area (TPSA) is 19.7 Å². The molecule has 20 aromatic rings. The highest BCUT2D eigenvalue weighted by molar-refractivity contribution is 6.23. The molecule has 0 spiro atoms. The van der Waals surface area contributed by atoms with Gasteiger partial charge >= 0.3 is 0 Å². The van der Waals surface area contributed by atoms with Crippen molar-refractivity contribution in [2.75, 3.05) is 0 Å². The molecule has 4 aromatic heterocycles. The SMILES string of the molecule is c1ccc(-n2c3ccccc3c3c4ccc(-c5ccc6c(c5)c5ccccc5n6-c5ccc6ccccc6c5)cc4ccc32)cc1.c1ccc(-n2c3ccccc3c3c4ccc(-c5ccc6c7ccccc7n(-c7ccc8ccccc8c7)c6c5)cc4ccc32)cc1. The van der Waals surface area contributed by atoms with Gasteiger partial charge in [-0.25, -0.2) is 0 Å². The van der Waals surface area contributed by atoms with Crippen LogP contribution < -0.4 is 0 Å². The van der Waals surface area contributed by atoms with Gasteiger partial charge < -0.3 is 18.3 Å². The van der Waals surface area contributed by atoms with Crippen LogP contribution in [0, 0.1) is 0 Å². The molecule has 92 heavy (non-hydrogen) atoms. The lowest BCUT2D eigenvalue weighted by Gasteiger charge is -2.11. The molecule has 428 valence electrons. The molecule has 4 heteroatoms. The first kappa shape index (κ1) is 51.8. The summed E-state index contributed by atoms with van der Waals surface area (Å²) < 4.78 is 9.60. The maximum absolute atomic E-state index is 2.42. The van der Waals surface area contributed by atoms with E-state index in [-0.39, 0.29) is 0 Å². The summed E-state index contributed by atoms with van der Waals surface area (Å²) in [6.07, 6.45) is 0. The summed E-state index contributed by atoms with van der Waals surface area (Å²) in [5, 5.41) is 20.3. The summed E-state index contributed by atoms with van der Waals surface area (Å²) in [5.74, 6) is 0. The van der Waals surface area contributed by atoms with Crippen LogP contribution in [0.4, 0.5) is 0 Å². The Morgan fingerprint density at radius 1 is 0.141 bits per heavy atom. The standard InChI is InChI=1S/2C44H28N2/c1-2-12-34(13-3-1)45-41-17-9-7-15-39(41)44-36-23-19-31(26-33(36)21-25-42(44)45)32-20-24-38-37-14-6-8-16-40(37)46(43(38)28-32)35-22-18-29-10-4-5-11-30(29)27-35;1-2-12-34(13-3-1)45-41-17-9-7-15-38(41)44-36-23-19-31(26-33(36)21-25-43(44)45)32-20-24-42-39(28-32)37-14-6-8-16-40(37)46(42)35-22-18-29-10-4-5-11-30(29)27-35/h2*1-28H. The Hall–Kier alpha value is -12.2. The van der Waals surface area contributed by atoms with E-state index >= 15 is 0 Å². The number of rotatable bonds is 6. The van der Waals surface area contributed by atoms with E-state index in [4.69, 9.17) is 0 Å². The van der Waals surface area contributed by atoms with Crippen molar-refractivity contribution in [1.82, 2.24) is 18.3 Å². The van der Waals surface area contributed by atoms with Crippen molar-refractivity contribution < 1.29 is 0 Å². The molecule has 20 rings (SSSR count). The van der Waals surface area contributed by atoms with E-state index in [9.17, 15) is 0 Å². The molecule has 0 aliphatic rings. The van der Waals surface area contributed by atoms with Crippen LogP contribution in [0.15, 0.2) is 340 Å². The average molecular weight is 1170 g/mol. The van der Waals surface area contributed by atoms with Gasteiger partial charge in [-0.1, -0.05) is 224 Å². The van der Waals surface area contributed by atoms with Crippen LogP contribution >= 0.6 is 0 Å². The largest absolute Gasteiger partial charge is 0.309 e. The van der Waals surface area contributed by atoms with E-state index in [0.717, 1.165) is 0 Å². The zero-order chi connectivity index (χ0) is 60.4. The van der Waals surface area contributed by atoms with Gasteiger partial charge in [0.05, 0.1) is 44.1 Å². The lowest BCUT2D eigenvalue weighted by molar-refractivity contribution is 1.18. The normalized spacial score (nSPS) is 11.9. The minimum Gasteiger partial charge on any atom is -0.309 e. The second-order valence-electron chi connectivity index (χ2n) is 24.4. The zero-order valence-electron chi connectivity index (χ0n) is 50.1. The highest BCUT2D eigenvalue weighted by Crippen LogP contribution is 2.43. The number of fused-ring (bicyclic) bond motifs is 18. The lowest BCUT2D eigenvalue weighted by Crippen LogP contribution is -1.94. The van der Waals surface area contributed by atoms with E-state index < -0.39 is 0 Å². The minimum absolute atomic E-state index is 1.18. The molecule has 0 atom stereocenters. The molecule has 0 saturated heterocycles. The average Bonchev–Trinajstić information content (AvgIpc) is 1.68. The Kier molecular flexibility index (Phi) is 11.6. The molecule has 4 nitrogen and oxygen atoms in total. The summed E-state index contributed by atoms with van der Waals surface area (Å²) in [7, 11) is 0. The van der Waals surface area contributed by atoms with Crippen molar-refractivity contribution in [2.45, 2.75) is 0 Å². The molecule has 0 aliphatic carbocycles. The molecule has 0 unspecified atom stereocenters. The van der Waals surface area contributed by atoms with E-state index in [0.29, 0.717) is 0 Å². The molecule has 0 N–H and O–H groups in total. The van der Waals surface area contributed by atoms with Crippen LogP contribution in [0.3, 0.4) is 0 Å². The summed E-state index contributed by atoms with van der Waals surface area (Å²) in [6.45, 7) is 0. The van der Waals surface area contributed by atoms with Gasteiger partial charge in [0, 0.05) is 65.8 Å². The third-order valence-electron chi connectivity index (χ3n) is 19.3. The van der Waals surface area contributed by atoms with Crippen LogP contribution in [0.2, 0.25) is 0 Å². The molecule has 0 fully saturated rings. The number of aromatic nitrogens is 4. The van der Waals surface area contributed by atoms with Crippen molar-refractivity contribution >= 4 is 130 Å². The molecular formula is C88H56N4. The van der Waals surface area contributed by atoms with Crippen LogP contribution in [0.5, 0.6) is 0 Å². The Morgan fingerprint density at radius 3 is 0.978 bits per heavy atom. The molecule has 16 aromatic carbocycles. The minimum atomic E-state index is 1.18. The first-order chi connectivity index (χ1) is 45.6. The van der Waals surface area contributed by atoms with Crippen LogP contribution in [-0.2, 0) is 0 Å². The van der Waals surface area contributed by atoms with Gasteiger partial charge in [0.1, 0.15) is 0 Å². The fourth-order valence-corrected chi connectivity index (χ4v) is 15.2. The molecule has 0 amide bonds. The van der Waals surface area contributed by atoms with Crippen molar-refractivity contribution in [1.29, 1.82) is 0 Å². The van der Waals surface area contributed by atoms with Gasteiger partial charge in [-0.2, -0.15) is 0 Å².